The molecule has 0 saturated carbocycles. The molecular weight excluding hydrogens is 398 g/mol. The SMILES string of the molecule is COc1cc(OC)c(OC)cc1/C=C1\Oc2c(ccc3c2CN(CC(C)C)CO3)C1=O. The Kier molecular flexibility index (Phi) is 5.78. The summed E-state index contributed by atoms with van der Waals surface area (Å²) in [4.78, 5) is 15.3. The van der Waals surface area contributed by atoms with Crippen LogP contribution in [0.3, 0.4) is 0 Å². The lowest BCUT2D eigenvalue weighted by molar-refractivity contribution is 0.0832. The van der Waals surface area contributed by atoms with Crippen LogP contribution in [0.1, 0.15) is 35.3 Å². The molecule has 164 valence electrons. The van der Waals surface area contributed by atoms with Crippen LogP contribution in [0, 0.1) is 5.92 Å². The monoisotopic (exact) mass is 425 g/mol. The first-order valence-corrected chi connectivity index (χ1v) is 10.2. The average Bonchev–Trinajstić information content (AvgIpc) is 3.08. The second kappa shape index (κ2) is 8.51. The maximum atomic E-state index is 13.1. The highest BCUT2D eigenvalue weighted by atomic mass is 16.5. The minimum atomic E-state index is -0.171. The van der Waals surface area contributed by atoms with Crippen LogP contribution in [0.15, 0.2) is 30.0 Å². The summed E-state index contributed by atoms with van der Waals surface area (Å²) in [5.74, 6) is 3.53. The van der Waals surface area contributed by atoms with Crippen LogP contribution in [-0.4, -0.2) is 45.3 Å². The van der Waals surface area contributed by atoms with Crippen LogP contribution < -0.4 is 23.7 Å². The molecule has 0 spiro atoms. The molecule has 0 aromatic heterocycles. The Balaban J connectivity index is 1.70. The average molecular weight is 425 g/mol. The minimum Gasteiger partial charge on any atom is -0.496 e. The van der Waals surface area contributed by atoms with Crippen LogP contribution in [0.4, 0.5) is 0 Å². The van der Waals surface area contributed by atoms with Gasteiger partial charge < -0.3 is 23.7 Å². The summed E-state index contributed by atoms with van der Waals surface area (Å²) in [5.41, 5.74) is 2.10. The Morgan fingerprint density at radius 3 is 2.45 bits per heavy atom. The molecule has 7 nitrogen and oxygen atoms in total. The van der Waals surface area contributed by atoms with Gasteiger partial charge in [0.25, 0.3) is 0 Å². The zero-order valence-corrected chi connectivity index (χ0v) is 18.5. The quantitative estimate of drug-likeness (QED) is 0.645. The molecule has 0 unspecified atom stereocenters. The Hall–Kier alpha value is -3.19. The number of ketones is 1. The summed E-state index contributed by atoms with van der Waals surface area (Å²) in [6, 6.07) is 7.09. The standard InChI is InChI=1S/C24H27NO6/c1-14(2)11-25-12-17-18(30-13-25)7-6-16-23(26)22(31-24(16)17)9-15-8-20(28-4)21(29-5)10-19(15)27-3/h6-10,14H,11-13H2,1-5H3/b22-9-. The van der Waals surface area contributed by atoms with Crippen molar-refractivity contribution < 1.29 is 28.5 Å². The lowest BCUT2D eigenvalue weighted by atomic mass is 10.0. The Morgan fingerprint density at radius 2 is 1.77 bits per heavy atom. The third kappa shape index (κ3) is 3.93. The molecule has 0 bridgehead atoms. The molecule has 4 rings (SSSR count). The first-order chi connectivity index (χ1) is 14.9. The molecule has 0 atom stereocenters. The second-order valence-electron chi connectivity index (χ2n) is 7.99. The van der Waals surface area contributed by atoms with Gasteiger partial charge in [0.05, 0.1) is 32.5 Å². The van der Waals surface area contributed by atoms with Crippen molar-refractivity contribution in [1.29, 1.82) is 0 Å². The molecule has 2 aromatic carbocycles. The predicted octanol–water partition coefficient (Wildman–Crippen LogP) is 4.14. The van der Waals surface area contributed by atoms with E-state index in [1.54, 1.807) is 45.6 Å². The lowest BCUT2D eigenvalue weighted by Crippen LogP contribution is -2.34. The van der Waals surface area contributed by atoms with E-state index in [1.165, 1.54) is 0 Å². The Labute approximate surface area is 182 Å². The summed E-state index contributed by atoms with van der Waals surface area (Å²) in [6.45, 7) is 6.45. The van der Waals surface area contributed by atoms with Crippen molar-refractivity contribution in [2.75, 3.05) is 34.6 Å². The molecule has 7 heteroatoms. The highest BCUT2D eigenvalue weighted by Gasteiger charge is 2.34. The maximum Gasteiger partial charge on any atom is 0.231 e. The van der Waals surface area contributed by atoms with Crippen LogP contribution in [0.25, 0.3) is 6.08 Å². The molecule has 0 amide bonds. The van der Waals surface area contributed by atoms with Crippen molar-refractivity contribution in [3.8, 4) is 28.7 Å². The maximum absolute atomic E-state index is 13.1. The molecule has 2 aliphatic rings. The van der Waals surface area contributed by atoms with Crippen LogP contribution in [-0.2, 0) is 6.54 Å². The topological polar surface area (TPSA) is 66.5 Å². The number of Topliss-reactive ketones (excluding diaryl/α,β-unsaturated/α-hetero) is 1. The lowest BCUT2D eigenvalue weighted by Gasteiger charge is -2.30. The predicted molar refractivity (Wildman–Crippen MR) is 116 cm³/mol. The van der Waals surface area contributed by atoms with Crippen LogP contribution >= 0.6 is 0 Å². The zero-order valence-electron chi connectivity index (χ0n) is 18.5. The number of hydrogen-bond acceptors (Lipinski definition) is 7. The molecule has 0 fully saturated rings. The first-order valence-electron chi connectivity index (χ1n) is 10.2. The van der Waals surface area contributed by atoms with Gasteiger partial charge in [0, 0.05) is 24.7 Å². The molecule has 2 aromatic rings. The van der Waals surface area contributed by atoms with E-state index in [2.05, 4.69) is 18.7 Å². The van der Waals surface area contributed by atoms with Gasteiger partial charge >= 0.3 is 0 Å². The van der Waals surface area contributed by atoms with E-state index >= 15 is 0 Å². The number of nitrogens with zero attached hydrogens (tertiary/aromatic N) is 1. The molecule has 2 heterocycles. The van der Waals surface area contributed by atoms with Gasteiger partial charge in [0.2, 0.25) is 5.78 Å². The summed E-state index contributed by atoms with van der Waals surface area (Å²) in [5, 5.41) is 0. The number of hydrogen-bond donors (Lipinski definition) is 0. The number of allylic oxidation sites excluding steroid dienone is 1. The number of carbonyl (C=O) groups is 1. The van der Waals surface area contributed by atoms with Crippen LogP contribution in [0.5, 0.6) is 28.7 Å². The van der Waals surface area contributed by atoms with Crippen molar-refractivity contribution >= 4 is 11.9 Å². The third-order valence-corrected chi connectivity index (χ3v) is 5.33. The first kappa shape index (κ1) is 21.1. The number of rotatable bonds is 6. The van der Waals surface area contributed by atoms with Crippen LogP contribution in [0.2, 0.25) is 0 Å². The Morgan fingerprint density at radius 1 is 1.06 bits per heavy atom. The van der Waals surface area contributed by atoms with E-state index in [0.717, 1.165) is 17.9 Å². The van der Waals surface area contributed by atoms with Gasteiger partial charge in [-0.15, -0.1) is 0 Å². The van der Waals surface area contributed by atoms with Crippen molar-refractivity contribution in [3.63, 3.8) is 0 Å². The highest BCUT2D eigenvalue weighted by molar-refractivity contribution is 6.15. The smallest absolute Gasteiger partial charge is 0.231 e. The van der Waals surface area contributed by atoms with E-state index < -0.39 is 0 Å². The summed E-state index contributed by atoms with van der Waals surface area (Å²) in [6.07, 6.45) is 1.67. The normalized spacial score (nSPS) is 16.6. The molecule has 31 heavy (non-hydrogen) atoms. The zero-order chi connectivity index (χ0) is 22.1. The van der Waals surface area contributed by atoms with E-state index in [0.29, 0.717) is 53.3 Å². The fraction of sp³-hybridized carbons (Fsp3) is 0.375. The number of ether oxygens (including phenoxy) is 5. The van der Waals surface area contributed by atoms with E-state index in [-0.39, 0.29) is 11.5 Å². The number of carbonyl (C=O) groups excluding carboxylic acids is 1. The number of methoxy groups -OCH3 is 3. The second-order valence-corrected chi connectivity index (χ2v) is 7.99. The van der Waals surface area contributed by atoms with Crippen molar-refractivity contribution in [1.82, 2.24) is 4.90 Å². The van der Waals surface area contributed by atoms with Crippen molar-refractivity contribution in [3.05, 3.63) is 46.7 Å². The molecular formula is C24H27NO6. The molecule has 0 aliphatic carbocycles. The van der Waals surface area contributed by atoms with Crippen molar-refractivity contribution in [2.45, 2.75) is 20.4 Å². The summed E-state index contributed by atoms with van der Waals surface area (Å²) < 4.78 is 28.2. The largest absolute Gasteiger partial charge is 0.496 e. The number of fused-ring (bicyclic) bond motifs is 3. The molecule has 0 saturated heterocycles. The van der Waals surface area contributed by atoms with Gasteiger partial charge in [-0.25, -0.2) is 0 Å². The molecule has 0 N–H and O–H groups in total. The van der Waals surface area contributed by atoms with E-state index in [1.807, 2.05) is 6.07 Å². The third-order valence-electron chi connectivity index (χ3n) is 5.33. The fourth-order valence-corrected chi connectivity index (χ4v) is 3.94. The van der Waals surface area contributed by atoms with Gasteiger partial charge in [-0.2, -0.15) is 0 Å². The minimum absolute atomic E-state index is 0.171. The molecule has 2 aliphatic heterocycles. The number of benzene rings is 2. The highest BCUT2D eigenvalue weighted by Crippen LogP contribution is 2.43. The Bertz CT molecular complexity index is 1040. The molecule has 0 radical (unpaired) electrons. The van der Waals surface area contributed by atoms with Gasteiger partial charge in [0.15, 0.2) is 17.3 Å². The fourth-order valence-electron chi connectivity index (χ4n) is 3.94. The van der Waals surface area contributed by atoms with Gasteiger partial charge in [-0.05, 0) is 30.2 Å². The van der Waals surface area contributed by atoms with E-state index in [4.69, 9.17) is 23.7 Å². The van der Waals surface area contributed by atoms with E-state index in [9.17, 15) is 4.79 Å². The summed E-state index contributed by atoms with van der Waals surface area (Å²) >= 11 is 0. The van der Waals surface area contributed by atoms with Crippen molar-refractivity contribution in [2.24, 2.45) is 5.92 Å². The van der Waals surface area contributed by atoms with Gasteiger partial charge in [0.1, 0.15) is 24.0 Å². The van der Waals surface area contributed by atoms with Gasteiger partial charge in [-0.1, -0.05) is 13.8 Å². The summed E-state index contributed by atoms with van der Waals surface area (Å²) in [7, 11) is 4.68. The van der Waals surface area contributed by atoms with Gasteiger partial charge in [-0.3, -0.25) is 9.69 Å².